The lowest BCUT2D eigenvalue weighted by atomic mass is 10.1. The van der Waals surface area contributed by atoms with Gasteiger partial charge in [0.1, 0.15) is 5.75 Å². The van der Waals surface area contributed by atoms with E-state index in [9.17, 15) is 4.79 Å². The van der Waals surface area contributed by atoms with Crippen LogP contribution in [0.1, 0.15) is 22.8 Å². The minimum atomic E-state index is 0.0635. The van der Waals surface area contributed by atoms with Crippen LogP contribution in [0.15, 0.2) is 57.2 Å². The lowest BCUT2D eigenvalue weighted by Crippen LogP contribution is -2.02. The molecule has 1 heterocycles. The molecule has 0 aliphatic carbocycles. The lowest BCUT2D eigenvalue weighted by Gasteiger charge is -2.03. The highest BCUT2D eigenvalue weighted by Gasteiger charge is 2.11. The van der Waals surface area contributed by atoms with Gasteiger partial charge in [0.15, 0.2) is 14.5 Å². The van der Waals surface area contributed by atoms with Crippen LogP contribution in [-0.4, -0.2) is 28.3 Å². The molecule has 0 aliphatic heterocycles. The maximum Gasteiger partial charge on any atom is 0.175 e. The van der Waals surface area contributed by atoms with E-state index in [-0.39, 0.29) is 5.78 Å². The summed E-state index contributed by atoms with van der Waals surface area (Å²) in [5.74, 6) is 1.98. The lowest BCUT2D eigenvalue weighted by molar-refractivity contribution is 0.102. The van der Waals surface area contributed by atoms with Crippen LogP contribution in [0, 0.1) is 0 Å². The molecule has 8 heteroatoms. The number of hydrogen-bond donors (Lipinski definition) is 0. The van der Waals surface area contributed by atoms with Crippen molar-refractivity contribution in [2.24, 2.45) is 0 Å². The summed E-state index contributed by atoms with van der Waals surface area (Å²) in [5, 5.41) is 9.08. The van der Waals surface area contributed by atoms with E-state index in [0.717, 1.165) is 25.2 Å². The molecule has 0 spiro atoms. The molecule has 0 radical (unpaired) electrons. The zero-order valence-corrected chi connectivity index (χ0v) is 17.8. The van der Waals surface area contributed by atoms with E-state index in [0.29, 0.717) is 17.9 Å². The van der Waals surface area contributed by atoms with E-state index in [1.165, 1.54) is 28.7 Å². The average molecular weight is 437 g/mol. The van der Waals surface area contributed by atoms with Crippen molar-refractivity contribution in [3.63, 3.8) is 0 Å². The Balaban J connectivity index is 1.48. The molecule has 2 aromatic carbocycles. The van der Waals surface area contributed by atoms with Crippen LogP contribution >= 0.6 is 46.5 Å². The average Bonchev–Trinajstić information content (AvgIpc) is 3.14. The maximum atomic E-state index is 12.3. The van der Waals surface area contributed by atoms with Gasteiger partial charge in [0.25, 0.3) is 0 Å². The monoisotopic (exact) mass is 436 g/mol. The Morgan fingerprint density at radius 1 is 1.04 bits per heavy atom. The van der Waals surface area contributed by atoms with Gasteiger partial charge in [0.05, 0.1) is 12.4 Å². The molecule has 3 aromatic rings. The Morgan fingerprint density at radius 2 is 1.70 bits per heavy atom. The molecule has 0 saturated carbocycles. The Bertz CT molecular complexity index is 883. The van der Waals surface area contributed by atoms with E-state index in [1.54, 1.807) is 23.9 Å². The third kappa shape index (κ3) is 6.24. The fourth-order valence-corrected chi connectivity index (χ4v) is 5.15. The minimum Gasteiger partial charge on any atom is -0.494 e. The summed E-state index contributed by atoms with van der Waals surface area (Å²) in [6, 6.07) is 15.0. The molecule has 27 heavy (non-hydrogen) atoms. The number of ether oxygens (including phenoxy) is 1. The summed E-state index contributed by atoms with van der Waals surface area (Å²) >= 11 is 10.4. The molecular formula is C19H17ClN2O2S3. The van der Waals surface area contributed by atoms with Crippen molar-refractivity contribution < 1.29 is 9.53 Å². The molecular weight excluding hydrogens is 420 g/mol. The van der Waals surface area contributed by atoms with Gasteiger partial charge in [-0.15, -0.1) is 10.2 Å². The number of aromatic nitrogens is 2. The van der Waals surface area contributed by atoms with Crippen LogP contribution in [0.4, 0.5) is 0 Å². The first-order valence-corrected chi connectivity index (χ1v) is 11.4. The molecule has 140 valence electrons. The maximum absolute atomic E-state index is 12.3. The van der Waals surface area contributed by atoms with E-state index >= 15 is 0 Å². The van der Waals surface area contributed by atoms with E-state index in [1.807, 2.05) is 43.3 Å². The number of halogens is 1. The molecule has 3 rings (SSSR count). The van der Waals surface area contributed by atoms with Gasteiger partial charge in [-0.2, -0.15) is 0 Å². The predicted octanol–water partition coefficient (Wildman–Crippen LogP) is 5.86. The first-order valence-electron chi connectivity index (χ1n) is 8.23. The molecule has 4 nitrogen and oxygen atoms in total. The van der Waals surface area contributed by atoms with Gasteiger partial charge in [0.2, 0.25) is 0 Å². The first-order chi connectivity index (χ1) is 13.1. The van der Waals surface area contributed by atoms with Gasteiger partial charge in [0, 0.05) is 16.3 Å². The summed E-state index contributed by atoms with van der Waals surface area (Å²) in [6.45, 7) is 2.54. The summed E-state index contributed by atoms with van der Waals surface area (Å²) < 4.78 is 7.08. The zero-order valence-electron chi connectivity index (χ0n) is 14.6. The second-order valence-corrected chi connectivity index (χ2v) is 9.28. The van der Waals surface area contributed by atoms with Crippen molar-refractivity contribution >= 4 is 52.2 Å². The predicted molar refractivity (Wildman–Crippen MR) is 114 cm³/mol. The number of rotatable bonds is 9. The van der Waals surface area contributed by atoms with Crippen LogP contribution in [0.3, 0.4) is 0 Å². The summed E-state index contributed by atoms with van der Waals surface area (Å²) in [4.78, 5) is 12.3. The van der Waals surface area contributed by atoms with Gasteiger partial charge in [-0.05, 0) is 48.9 Å². The Morgan fingerprint density at radius 3 is 2.37 bits per heavy atom. The third-order valence-electron chi connectivity index (χ3n) is 3.48. The molecule has 0 atom stereocenters. The number of carbonyl (C=O) groups is 1. The summed E-state index contributed by atoms with van der Waals surface area (Å²) in [7, 11) is 0. The molecule has 0 bridgehead atoms. The second-order valence-electron chi connectivity index (χ2n) is 5.42. The highest BCUT2D eigenvalue weighted by atomic mass is 35.5. The largest absolute Gasteiger partial charge is 0.494 e. The molecule has 0 saturated heterocycles. The Hall–Kier alpha value is -1.54. The molecule has 0 amide bonds. The first kappa shape index (κ1) is 20.2. The SMILES string of the molecule is CCOc1ccc(C(=O)CSc2nnc(SCc3ccc(Cl)cc3)s2)cc1. The number of nitrogens with zero attached hydrogens (tertiary/aromatic N) is 2. The topological polar surface area (TPSA) is 52.1 Å². The molecule has 0 aliphatic rings. The highest BCUT2D eigenvalue weighted by molar-refractivity contribution is 8.03. The zero-order chi connectivity index (χ0) is 19.1. The molecule has 0 fully saturated rings. The van der Waals surface area contributed by atoms with Crippen LogP contribution < -0.4 is 4.74 Å². The van der Waals surface area contributed by atoms with E-state index in [4.69, 9.17) is 16.3 Å². The number of Topliss-reactive ketones (excluding diaryl/α,β-unsaturated/α-hetero) is 1. The Labute approximate surface area is 175 Å². The number of hydrogen-bond acceptors (Lipinski definition) is 7. The number of benzene rings is 2. The van der Waals surface area contributed by atoms with Crippen molar-refractivity contribution in [3.8, 4) is 5.75 Å². The van der Waals surface area contributed by atoms with Crippen molar-refractivity contribution in [1.82, 2.24) is 10.2 Å². The van der Waals surface area contributed by atoms with Gasteiger partial charge in [-0.1, -0.05) is 58.6 Å². The normalized spacial score (nSPS) is 10.7. The van der Waals surface area contributed by atoms with Crippen LogP contribution in [-0.2, 0) is 5.75 Å². The smallest absolute Gasteiger partial charge is 0.175 e. The molecule has 0 unspecified atom stereocenters. The van der Waals surface area contributed by atoms with Crippen molar-refractivity contribution in [2.45, 2.75) is 21.4 Å². The fourth-order valence-electron chi connectivity index (χ4n) is 2.15. The van der Waals surface area contributed by atoms with Crippen LogP contribution in [0.2, 0.25) is 5.02 Å². The molecule has 1 aromatic heterocycles. The van der Waals surface area contributed by atoms with Gasteiger partial charge in [-0.3, -0.25) is 4.79 Å². The number of thioether (sulfide) groups is 2. The van der Waals surface area contributed by atoms with Crippen LogP contribution in [0.5, 0.6) is 5.75 Å². The highest BCUT2D eigenvalue weighted by Crippen LogP contribution is 2.31. The standard InChI is InChI=1S/C19H17ClN2O2S3/c1-2-24-16-9-5-14(6-10-16)17(23)12-26-19-22-21-18(27-19)25-11-13-3-7-15(20)8-4-13/h3-10H,2,11-12H2,1H3. The second kappa shape index (κ2) is 10.1. The Kier molecular flexibility index (Phi) is 7.58. The fraction of sp³-hybridized carbons (Fsp3) is 0.211. The van der Waals surface area contributed by atoms with Crippen molar-refractivity contribution in [3.05, 3.63) is 64.7 Å². The quantitative estimate of drug-likeness (QED) is 0.309. The third-order valence-corrected chi connectivity index (χ3v) is 6.99. The van der Waals surface area contributed by atoms with Gasteiger partial charge >= 0.3 is 0 Å². The van der Waals surface area contributed by atoms with Crippen LogP contribution in [0.25, 0.3) is 0 Å². The summed E-state index contributed by atoms with van der Waals surface area (Å²) in [5.41, 5.74) is 1.85. The summed E-state index contributed by atoms with van der Waals surface area (Å²) in [6.07, 6.45) is 0. The number of carbonyl (C=O) groups excluding carboxylic acids is 1. The number of ketones is 1. The van der Waals surface area contributed by atoms with Gasteiger partial charge in [-0.25, -0.2) is 0 Å². The van der Waals surface area contributed by atoms with Crippen molar-refractivity contribution in [1.29, 1.82) is 0 Å². The van der Waals surface area contributed by atoms with Gasteiger partial charge < -0.3 is 4.74 Å². The van der Waals surface area contributed by atoms with Crippen molar-refractivity contribution in [2.75, 3.05) is 12.4 Å². The molecule has 0 N–H and O–H groups in total. The minimum absolute atomic E-state index is 0.0635. The van der Waals surface area contributed by atoms with E-state index < -0.39 is 0 Å². The van der Waals surface area contributed by atoms with E-state index in [2.05, 4.69) is 10.2 Å².